The van der Waals surface area contributed by atoms with Gasteiger partial charge < -0.3 is 9.47 Å². The second-order valence-electron chi connectivity index (χ2n) is 10.1. The van der Waals surface area contributed by atoms with Crippen LogP contribution in [0.2, 0.25) is 0 Å². The Balaban J connectivity index is 1.48. The topological polar surface area (TPSA) is 38.8 Å². The lowest BCUT2D eigenvalue weighted by atomic mass is 9.72. The SMILES string of the molecule is CN1C(=O)OCC1(C)c1ccc2cc(OC3CCC(C(C)(C)C)CC3)ccc2c1. The monoisotopic (exact) mass is 395 g/mol. The first kappa shape index (κ1) is 20.1. The lowest BCUT2D eigenvalue weighted by Crippen LogP contribution is -2.39. The summed E-state index contributed by atoms with van der Waals surface area (Å²) in [5.41, 5.74) is 1.06. The highest BCUT2D eigenvalue weighted by molar-refractivity contribution is 5.85. The van der Waals surface area contributed by atoms with E-state index in [0.29, 0.717) is 18.1 Å². The lowest BCUT2D eigenvalue weighted by molar-refractivity contribution is 0.0883. The summed E-state index contributed by atoms with van der Waals surface area (Å²) in [7, 11) is 1.80. The maximum atomic E-state index is 11.8. The van der Waals surface area contributed by atoms with Gasteiger partial charge in [0.05, 0.1) is 6.10 Å². The number of carbonyl (C=O) groups excluding carboxylic acids is 1. The molecule has 2 aromatic carbocycles. The summed E-state index contributed by atoms with van der Waals surface area (Å²) in [6, 6.07) is 12.7. The van der Waals surface area contributed by atoms with Crippen molar-refractivity contribution < 1.29 is 14.3 Å². The van der Waals surface area contributed by atoms with Crippen LogP contribution in [-0.2, 0) is 10.3 Å². The summed E-state index contributed by atoms with van der Waals surface area (Å²) in [6.07, 6.45) is 4.82. The predicted molar refractivity (Wildman–Crippen MR) is 116 cm³/mol. The Kier molecular flexibility index (Phi) is 5.00. The molecule has 0 spiro atoms. The van der Waals surface area contributed by atoms with Gasteiger partial charge in [-0.05, 0) is 78.5 Å². The highest BCUT2D eigenvalue weighted by atomic mass is 16.6. The molecular weight excluding hydrogens is 362 g/mol. The number of benzene rings is 2. The van der Waals surface area contributed by atoms with E-state index in [1.54, 1.807) is 11.9 Å². The molecule has 1 amide bonds. The maximum absolute atomic E-state index is 11.8. The zero-order valence-corrected chi connectivity index (χ0v) is 18.3. The van der Waals surface area contributed by atoms with Crippen LogP contribution in [0.25, 0.3) is 10.8 Å². The number of amides is 1. The molecule has 1 saturated heterocycles. The molecule has 2 aliphatic rings. The number of fused-ring (bicyclic) bond motifs is 1. The Bertz CT molecular complexity index is 908. The maximum Gasteiger partial charge on any atom is 0.410 e. The molecule has 2 aromatic rings. The van der Waals surface area contributed by atoms with Crippen molar-refractivity contribution in [3.63, 3.8) is 0 Å². The molecule has 1 atom stereocenters. The molecule has 1 aliphatic carbocycles. The van der Waals surface area contributed by atoms with Gasteiger partial charge in [0, 0.05) is 7.05 Å². The first-order chi connectivity index (χ1) is 13.7. The number of hydrogen-bond donors (Lipinski definition) is 0. The summed E-state index contributed by atoms with van der Waals surface area (Å²) in [4.78, 5) is 13.5. The fourth-order valence-corrected chi connectivity index (χ4v) is 4.75. The molecule has 1 aliphatic heterocycles. The van der Waals surface area contributed by atoms with Gasteiger partial charge in [-0.1, -0.05) is 39.0 Å². The van der Waals surface area contributed by atoms with E-state index in [4.69, 9.17) is 9.47 Å². The van der Waals surface area contributed by atoms with E-state index in [-0.39, 0.29) is 6.09 Å². The summed E-state index contributed by atoms with van der Waals surface area (Å²) < 4.78 is 11.6. The van der Waals surface area contributed by atoms with Crippen molar-refractivity contribution in [3.05, 3.63) is 42.0 Å². The first-order valence-electron chi connectivity index (χ1n) is 10.8. The summed E-state index contributed by atoms with van der Waals surface area (Å²) in [5.74, 6) is 1.75. The van der Waals surface area contributed by atoms with Crippen molar-refractivity contribution >= 4 is 16.9 Å². The Labute approximate surface area is 174 Å². The number of likely N-dealkylation sites (N-methyl/N-ethyl adjacent to an activating group) is 1. The number of hydrogen-bond acceptors (Lipinski definition) is 3. The van der Waals surface area contributed by atoms with Gasteiger partial charge in [0.2, 0.25) is 0 Å². The zero-order chi connectivity index (χ0) is 20.8. The lowest BCUT2D eigenvalue weighted by Gasteiger charge is -2.37. The number of ether oxygens (including phenoxy) is 2. The minimum absolute atomic E-state index is 0.266. The molecule has 29 heavy (non-hydrogen) atoms. The second kappa shape index (κ2) is 7.23. The third-order valence-corrected chi connectivity index (χ3v) is 7.13. The first-order valence-corrected chi connectivity index (χ1v) is 10.8. The minimum Gasteiger partial charge on any atom is -0.490 e. The van der Waals surface area contributed by atoms with Crippen LogP contribution in [0.1, 0.15) is 58.9 Å². The normalized spacial score (nSPS) is 27.9. The quantitative estimate of drug-likeness (QED) is 0.628. The minimum atomic E-state index is -0.424. The van der Waals surface area contributed by atoms with Crippen molar-refractivity contribution in [1.82, 2.24) is 4.90 Å². The van der Waals surface area contributed by atoms with E-state index in [2.05, 4.69) is 57.2 Å². The molecule has 1 saturated carbocycles. The number of rotatable bonds is 3. The average Bonchev–Trinajstić information content (AvgIpc) is 2.96. The Morgan fingerprint density at radius 3 is 2.31 bits per heavy atom. The fourth-order valence-electron chi connectivity index (χ4n) is 4.75. The molecule has 156 valence electrons. The standard InChI is InChI=1S/C25H33NO3/c1-24(2,3)19-9-12-21(13-10-19)29-22-11-7-17-14-20(8-6-18(17)15-22)25(4)16-28-23(27)26(25)5/h6-8,11,14-15,19,21H,9-10,12-13,16H2,1-5H3. The van der Waals surface area contributed by atoms with E-state index in [1.165, 1.54) is 12.8 Å². The van der Waals surface area contributed by atoms with E-state index < -0.39 is 5.54 Å². The molecule has 1 heterocycles. The van der Waals surface area contributed by atoms with Crippen LogP contribution in [0, 0.1) is 11.3 Å². The molecule has 4 rings (SSSR count). The summed E-state index contributed by atoms with van der Waals surface area (Å²) in [6.45, 7) is 9.48. The van der Waals surface area contributed by atoms with Crippen molar-refractivity contribution in [2.45, 2.75) is 65.0 Å². The van der Waals surface area contributed by atoms with Crippen LogP contribution in [0.15, 0.2) is 36.4 Å². The smallest absolute Gasteiger partial charge is 0.410 e. The molecule has 0 radical (unpaired) electrons. The van der Waals surface area contributed by atoms with Gasteiger partial charge in [0.15, 0.2) is 0 Å². The molecule has 0 bridgehead atoms. The van der Waals surface area contributed by atoms with Gasteiger partial charge in [-0.3, -0.25) is 4.90 Å². The van der Waals surface area contributed by atoms with Crippen molar-refractivity contribution in [3.8, 4) is 5.75 Å². The van der Waals surface area contributed by atoms with Crippen LogP contribution >= 0.6 is 0 Å². The van der Waals surface area contributed by atoms with Crippen LogP contribution < -0.4 is 4.74 Å². The summed E-state index contributed by atoms with van der Waals surface area (Å²) in [5, 5.41) is 2.31. The van der Waals surface area contributed by atoms with Crippen LogP contribution in [0.3, 0.4) is 0 Å². The zero-order valence-electron chi connectivity index (χ0n) is 18.3. The van der Waals surface area contributed by atoms with Gasteiger partial charge >= 0.3 is 6.09 Å². The third-order valence-electron chi connectivity index (χ3n) is 7.13. The Morgan fingerprint density at radius 1 is 1.03 bits per heavy atom. The molecule has 1 unspecified atom stereocenters. The fraction of sp³-hybridized carbons (Fsp3) is 0.560. The highest BCUT2D eigenvalue weighted by Gasteiger charge is 2.42. The molecule has 2 fully saturated rings. The van der Waals surface area contributed by atoms with Crippen molar-refractivity contribution in [2.75, 3.05) is 13.7 Å². The third kappa shape index (κ3) is 3.82. The molecular formula is C25H33NO3. The predicted octanol–water partition coefficient (Wildman–Crippen LogP) is 6.12. The van der Waals surface area contributed by atoms with E-state index in [9.17, 15) is 4.79 Å². The summed E-state index contributed by atoms with van der Waals surface area (Å²) >= 11 is 0. The van der Waals surface area contributed by atoms with Crippen molar-refractivity contribution in [2.24, 2.45) is 11.3 Å². The van der Waals surface area contributed by atoms with Gasteiger partial charge in [0.1, 0.15) is 17.9 Å². The van der Waals surface area contributed by atoms with Crippen LogP contribution in [0.5, 0.6) is 5.75 Å². The molecule has 4 nitrogen and oxygen atoms in total. The van der Waals surface area contributed by atoms with E-state index in [0.717, 1.165) is 40.8 Å². The van der Waals surface area contributed by atoms with Gasteiger partial charge in [0.25, 0.3) is 0 Å². The van der Waals surface area contributed by atoms with Gasteiger partial charge in [-0.25, -0.2) is 4.79 Å². The number of carbonyl (C=O) groups is 1. The van der Waals surface area contributed by atoms with Crippen LogP contribution in [0.4, 0.5) is 4.79 Å². The second-order valence-corrected chi connectivity index (χ2v) is 10.1. The number of nitrogens with zero attached hydrogens (tertiary/aromatic N) is 1. The van der Waals surface area contributed by atoms with Crippen molar-refractivity contribution in [1.29, 1.82) is 0 Å². The average molecular weight is 396 g/mol. The van der Waals surface area contributed by atoms with Gasteiger partial charge in [-0.15, -0.1) is 0 Å². The Hall–Kier alpha value is -2.23. The molecule has 4 heteroatoms. The number of cyclic esters (lactones) is 1. The van der Waals surface area contributed by atoms with Gasteiger partial charge in [-0.2, -0.15) is 0 Å². The Morgan fingerprint density at radius 2 is 1.69 bits per heavy atom. The molecule has 0 aromatic heterocycles. The largest absolute Gasteiger partial charge is 0.490 e. The van der Waals surface area contributed by atoms with Crippen LogP contribution in [-0.4, -0.2) is 30.8 Å². The molecule has 0 N–H and O–H groups in total. The highest BCUT2D eigenvalue weighted by Crippen LogP contribution is 2.39. The van der Waals surface area contributed by atoms with E-state index in [1.807, 2.05) is 6.92 Å². The van der Waals surface area contributed by atoms with E-state index >= 15 is 0 Å².